The van der Waals surface area contributed by atoms with E-state index in [0.717, 1.165) is 10.2 Å². The molecule has 0 aliphatic rings. The maximum atomic E-state index is 9.84. The molecule has 0 radical (unpaired) electrons. The Hall–Kier alpha value is -1.14. The normalized spacial score (nSPS) is 8.09. The van der Waals surface area contributed by atoms with Crippen LogP contribution < -0.4 is 0 Å². The van der Waals surface area contributed by atoms with Gasteiger partial charge in [0.15, 0.2) is 6.29 Å². The molecule has 0 aliphatic carbocycles. The van der Waals surface area contributed by atoms with Crippen molar-refractivity contribution in [2.45, 2.75) is 0 Å². The summed E-state index contributed by atoms with van der Waals surface area (Å²) in [6, 6.07) is 3.56. The minimum absolute atomic E-state index is 0.558. The molecule has 0 aliphatic heterocycles. The van der Waals surface area contributed by atoms with E-state index in [0.29, 0.717) is 6.29 Å². The smallest absolute Gasteiger partial charge is 0.193 e. The molecule has 0 N–H and O–H groups in total. The van der Waals surface area contributed by atoms with Crippen molar-refractivity contribution in [2.24, 2.45) is 0 Å². The van der Waals surface area contributed by atoms with Gasteiger partial charge >= 0.3 is 0 Å². The Morgan fingerprint density at radius 2 is 2.36 bits per heavy atom. The summed E-state index contributed by atoms with van der Waals surface area (Å²) in [5.41, 5.74) is 0.736. The van der Waals surface area contributed by atoms with Gasteiger partial charge in [-0.3, -0.25) is 4.79 Å². The summed E-state index contributed by atoms with van der Waals surface area (Å²) >= 11 is 3.18. The van der Waals surface area contributed by atoms with Gasteiger partial charge in [-0.15, -0.1) is 0 Å². The summed E-state index contributed by atoms with van der Waals surface area (Å²) in [5.74, 6) is 4.92. The van der Waals surface area contributed by atoms with Crippen molar-refractivity contribution in [3.63, 3.8) is 0 Å². The lowest BCUT2D eigenvalue weighted by atomic mass is 10.3. The predicted octanol–water partition coefficient (Wildman–Crippen LogP) is 1.39. The molecule has 0 bridgehead atoms. The number of pyridine rings is 1. The first-order valence-electron chi connectivity index (χ1n) is 2.89. The van der Waals surface area contributed by atoms with Crippen molar-refractivity contribution in [3.05, 3.63) is 28.5 Å². The summed E-state index contributed by atoms with van der Waals surface area (Å²) in [6.45, 7) is 0. The van der Waals surface area contributed by atoms with E-state index in [4.69, 9.17) is 0 Å². The lowest BCUT2D eigenvalue weighted by Crippen LogP contribution is -1.77. The van der Waals surface area contributed by atoms with E-state index < -0.39 is 0 Å². The Labute approximate surface area is 72.8 Å². The second-order valence-electron chi connectivity index (χ2n) is 1.76. The third-order valence-corrected chi connectivity index (χ3v) is 1.47. The number of nitrogens with zero attached hydrogens (tertiary/aromatic N) is 1. The molecule has 54 valence electrons. The van der Waals surface area contributed by atoms with Gasteiger partial charge in [0, 0.05) is 11.8 Å². The molecule has 3 heteroatoms. The van der Waals surface area contributed by atoms with Crippen LogP contribution in [0.1, 0.15) is 5.56 Å². The molecular formula is C8H4BrNO. The topological polar surface area (TPSA) is 30.0 Å². The molecule has 0 unspecified atom stereocenters. The highest BCUT2D eigenvalue weighted by atomic mass is 79.9. The molecule has 11 heavy (non-hydrogen) atoms. The third-order valence-electron chi connectivity index (χ3n) is 1.00. The van der Waals surface area contributed by atoms with Gasteiger partial charge in [0.1, 0.15) is 4.60 Å². The third kappa shape index (κ3) is 2.52. The van der Waals surface area contributed by atoms with Gasteiger partial charge in [-0.1, -0.05) is 5.92 Å². The van der Waals surface area contributed by atoms with E-state index >= 15 is 0 Å². The number of halogens is 1. The number of rotatable bonds is 0. The Balaban J connectivity index is 2.90. The largest absolute Gasteiger partial charge is 0.289 e. The van der Waals surface area contributed by atoms with Crippen molar-refractivity contribution in [2.75, 3.05) is 0 Å². The minimum atomic E-state index is 0.558. The predicted molar refractivity (Wildman–Crippen MR) is 44.9 cm³/mol. The van der Waals surface area contributed by atoms with Gasteiger partial charge in [-0.2, -0.15) is 0 Å². The van der Waals surface area contributed by atoms with Crippen LogP contribution in [0.25, 0.3) is 0 Å². The van der Waals surface area contributed by atoms with Crippen LogP contribution >= 0.6 is 15.9 Å². The molecule has 0 atom stereocenters. The second kappa shape index (κ2) is 3.89. The zero-order chi connectivity index (χ0) is 8.10. The highest BCUT2D eigenvalue weighted by molar-refractivity contribution is 9.10. The molecular weight excluding hydrogens is 206 g/mol. The Bertz CT molecular complexity index is 307. The SMILES string of the molecule is O=CC#Cc1ccc(Br)nc1. The zero-order valence-corrected chi connectivity index (χ0v) is 7.13. The van der Waals surface area contributed by atoms with Crippen LogP contribution in [0.3, 0.4) is 0 Å². The average molecular weight is 210 g/mol. The summed E-state index contributed by atoms with van der Waals surface area (Å²) in [6.07, 6.45) is 2.16. The molecule has 0 fully saturated rings. The number of hydrogen-bond donors (Lipinski definition) is 0. The lowest BCUT2D eigenvalue weighted by molar-refractivity contribution is -0.103. The first-order chi connectivity index (χ1) is 5.33. The fourth-order valence-electron chi connectivity index (χ4n) is 0.563. The van der Waals surface area contributed by atoms with Crippen LogP contribution in [0.5, 0.6) is 0 Å². The van der Waals surface area contributed by atoms with Crippen molar-refractivity contribution in [3.8, 4) is 11.8 Å². The van der Waals surface area contributed by atoms with Gasteiger partial charge in [0.25, 0.3) is 0 Å². The first kappa shape index (κ1) is 7.96. The first-order valence-corrected chi connectivity index (χ1v) is 3.69. The Morgan fingerprint density at radius 3 is 2.91 bits per heavy atom. The molecule has 2 nitrogen and oxygen atoms in total. The maximum Gasteiger partial charge on any atom is 0.193 e. The van der Waals surface area contributed by atoms with Gasteiger partial charge in [0.2, 0.25) is 0 Å². The van der Waals surface area contributed by atoms with E-state index in [1.54, 1.807) is 18.3 Å². The highest BCUT2D eigenvalue weighted by Crippen LogP contribution is 2.04. The quantitative estimate of drug-likeness (QED) is 0.368. The van der Waals surface area contributed by atoms with Crippen molar-refractivity contribution >= 4 is 22.2 Å². The minimum Gasteiger partial charge on any atom is -0.289 e. The van der Waals surface area contributed by atoms with E-state index in [9.17, 15) is 4.79 Å². The summed E-state index contributed by atoms with van der Waals surface area (Å²) in [4.78, 5) is 13.8. The van der Waals surface area contributed by atoms with Gasteiger partial charge < -0.3 is 0 Å². The standard InChI is InChI=1S/C8H4BrNO/c9-8-4-3-7(6-10-8)2-1-5-11/h3-6H. The van der Waals surface area contributed by atoms with Crippen LogP contribution in [-0.2, 0) is 4.79 Å². The fraction of sp³-hybridized carbons (Fsp3) is 0. The van der Waals surface area contributed by atoms with Crippen molar-refractivity contribution in [1.29, 1.82) is 0 Å². The van der Waals surface area contributed by atoms with Crippen LogP contribution in [0.4, 0.5) is 0 Å². The number of hydrogen-bond acceptors (Lipinski definition) is 2. The summed E-state index contributed by atoms with van der Waals surface area (Å²) < 4.78 is 0.758. The number of carbonyl (C=O) groups excluding carboxylic acids is 1. The van der Waals surface area contributed by atoms with Gasteiger partial charge in [0.05, 0.1) is 0 Å². The van der Waals surface area contributed by atoms with E-state index in [1.807, 2.05) is 0 Å². The summed E-state index contributed by atoms with van der Waals surface area (Å²) in [7, 11) is 0. The average Bonchev–Trinajstić information content (AvgIpc) is 2.04. The summed E-state index contributed by atoms with van der Waals surface area (Å²) in [5, 5.41) is 0. The van der Waals surface area contributed by atoms with E-state index in [-0.39, 0.29) is 0 Å². The second-order valence-corrected chi connectivity index (χ2v) is 2.57. The Kier molecular flexibility index (Phi) is 2.82. The molecule has 0 spiro atoms. The lowest BCUT2D eigenvalue weighted by Gasteiger charge is -1.87. The Morgan fingerprint density at radius 1 is 1.55 bits per heavy atom. The van der Waals surface area contributed by atoms with Crippen molar-refractivity contribution < 1.29 is 4.79 Å². The van der Waals surface area contributed by atoms with Crippen LogP contribution in [0.15, 0.2) is 22.9 Å². The number of carbonyl (C=O) groups is 1. The van der Waals surface area contributed by atoms with E-state index in [1.165, 1.54) is 0 Å². The molecule has 1 aromatic rings. The maximum absolute atomic E-state index is 9.84. The van der Waals surface area contributed by atoms with Gasteiger partial charge in [-0.25, -0.2) is 4.98 Å². The van der Waals surface area contributed by atoms with Crippen LogP contribution in [0.2, 0.25) is 0 Å². The molecule has 0 saturated carbocycles. The monoisotopic (exact) mass is 209 g/mol. The van der Waals surface area contributed by atoms with Crippen LogP contribution in [-0.4, -0.2) is 11.3 Å². The van der Waals surface area contributed by atoms with Crippen molar-refractivity contribution in [1.82, 2.24) is 4.98 Å². The number of aldehydes is 1. The van der Waals surface area contributed by atoms with E-state index in [2.05, 4.69) is 32.8 Å². The molecule has 1 rings (SSSR count). The van der Waals surface area contributed by atoms with Crippen LogP contribution in [0, 0.1) is 11.8 Å². The molecule has 0 aromatic carbocycles. The van der Waals surface area contributed by atoms with Gasteiger partial charge in [-0.05, 0) is 34.0 Å². The number of aromatic nitrogens is 1. The molecule has 0 saturated heterocycles. The molecule has 1 heterocycles. The molecule has 1 aromatic heterocycles. The fourth-order valence-corrected chi connectivity index (χ4v) is 0.797. The molecule has 0 amide bonds. The zero-order valence-electron chi connectivity index (χ0n) is 5.54. The highest BCUT2D eigenvalue weighted by Gasteiger charge is 1.86.